The summed E-state index contributed by atoms with van der Waals surface area (Å²) in [5, 5.41) is 8.75. The van der Waals surface area contributed by atoms with Crippen molar-refractivity contribution in [3.8, 4) is 6.07 Å². The summed E-state index contributed by atoms with van der Waals surface area (Å²) in [6.45, 7) is 7.59. The van der Waals surface area contributed by atoms with E-state index in [1.54, 1.807) is 17.2 Å². The van der Waals surface area contributed by atoms with Gasteiger partial charge in [-0.25, -0.2) is 8.78 Å². The smallest absolute Gasteiger partial charge is 0.147 e. The molecule has 0 amide bonds. The molecule has 0 radical (unpaired) electrons. The summed E-state index contributed by atoms with van der Waals surface area (Å²) in [7, 11) is 0. The maximum Gasteiger partial charge on any atom is 0.147 e. The first-order chi connectivity index (χ1) is 13.0. The summed E-state index contributed by atoms with van der Waals surface area (Å²) in [5.41, 5.74) is 2.80. The van der Waals surface area contributed by atoms with Gasteiger partial charge in [-0.05, 0) is 63.3 Å². The molecule has 0 aliphatic rings. The van der Waals surface area contributed by atoms with Gasteiger partial charge in [0.05, 0.1) is 16.9 Å². The molecule has 0 bridgehead atoms. The molecule has 5 heteroatoms. The molecule has 2 aromatic rings. The highest BCUT2D eigenvalue weighted by atomic mass is 19.1. The van der Waals surface area contributed by atoms with E-state index in [1.807, 2.05) is 32.1 Å². The molecule has 0 fully saturated rings. The number of nitrogens with zero attached hydrogens (tertiary/aromatic N) is 3. The molecule has 0 aliphatic carbocycles. The fourth-order valence-corrected chi connectivity index (χ4v) is 2.79. The number of pyridine rings is 1. The summed E-state index contributed by atoms with van der Waals surface area (Å²) in [4.78, 5) is 5.73. The van der Waals surface area contributed by atoms with E-state index in [9.17, 15) is 8.78 Å². The average Bonchev–Trinajstić information content (AvgIpc) is 2.65. The Balaban J connectivity index is 1.99. The molecular formula is C22H23F2N3. The van der Waals surface area contributed by atoms with Crippen LogP contribution in [0.1, 0.15) is 43.5 Å². The van der Waals surface area contributed by atoms with Crippen LogP contribution < -0.4 is 4.90 Å². The van der Waals surface area contributed by atoms with E-state index in [0.29, 0.717) is 17.8 Å². The molecule has 3 nitrogen and oxygen atoms in total. The lowest BCUT2D eigenvalue weighted by molar-refractivity contribution is 0.586. The van der Waals surface area contributed by atoms with Crippen molar-refractivity contribution in [2.45, 2.75) is 39.5 Å². The molecule has 140 valence electrons. The molecule has 0 N–H and O–H groups in total. The molecular weight excluding hydrogens is 344 g/mol. The standard InChI is InChI=1S/C22H23F2N3/c1-4-11-27(16(2)3)22-13-17(9-10-19(22)23)7-5-6-8-21-20(24)12-18(14-25)15-26-21/h4,9-13,15H,2,5-8H2,1,3H3/b11-4-. The van der Waals surface area contributed by atoms with E-state index in [1.165, 1.54) is 18.3 Å². The number of hydrogen-bond donors (Lipinski definition) is 0. The van der Waals surface area contributed by atoms with Gasteiger partial charge in [0.1, 0.15) is 17.7 Å². The Hall–Kier alpha value is -3.00. The first-order valence-corrected chi connectivity index (χ1v) is 8.86. The third-order valence-electron chi connectivity index (χ3n) is 4.15. The minimum absolute atomic E-state index is 0.221. The zero-order chi connectivity index (χ0) is 19.8. The first kappa shape index (κ1) is 20.3. The Labute approximate surface area is 159 Å². The highest BCUT2D eigenvalue weighted by molar-refractivity contribution is 5.56. The zero-order valence-electron chi connectivity index (χ0n) is 15.7. The minimum Gasteiger partial charge on any atom is -0.319 e. The second-order valence-corrected chi connectivity index (χ2v) is 6.34. The van der Waals surface area contributed by atoms with Gasteiger partial charge in [-0.15, -0.1) is 0 Å². The van der Waals surface area contributed by atoms with E-state index < -0.39 is 5.82 Å². The summed E-state index contributed by atoms with van der Waals surface area (Å²) in [6.07, 6.45) is 7.83. The molecule has 1 aromatic heterocycles. The number of allylic oxidation sites excluding steroid dienone is 2. The predicted molar refractivity (Wildman–Crippen MR) is 104 cm³/mol. The van der Waals surface area contributed by atoms with Crippen LogP contribution in [0.25, 0.3) is 0 Å². The van der Waals surface area contributed by atoms with Crippen molar-refractivity contribution in [1.82, 2.24) is 4.98 Å². The number of unbranched alkanes of at least 4 members (excludes halogenated alkanes) is 1. The van der Waals surface area contributed by atoms with Crippen molar-refractivity contribution >= 4 is 5.69 Å². The van der Waals surface area contributed by atoms with Gasteiger partial charge >= 0.3 is 0 Å². The monoisotopic (exact) mass is 367 g/mol. The van der Waals surface area contributed by atoms with Gasteiger partial charge in [-0.3, -0.25) is 4.98 Å². The van der Waals surface area contributed by atoms with Crippen molar-refractivity contribution in [2.24, 2.45) is 0 Å². The van der Waals surface area contributed by atoms with Crippen LogP contribution in [0.15, 0.2) is 55.0 Å². The second-order valence-electron chi connectivity index (χ2n) is 6.34. The largest absolute Gasteiger partial charge is 0.319 e. The maximum absolute atomic E-state index is 14.2. The Morgan fingerprint density at radius 1 is 1.22 bits per heavy atom. The topological polar surface area (TPSA) is 39.9 Å². The number of hydrogen-bond acceptors (Lipinski definition) is 3. The van der Waals surface area contributed by atoms with Crippen molar-refractivity contribution in [3.63, 3.8) is 0 Å². The molecule has 27 heavy (non-hydrogen) atoms. The van der Waals surface area contributed by atoms with E-state index in [4.69, 9.17) is 5.26 Å². The molecule has 0 saturated carbocycles. The Bertz CT molecular complexity index is 882. The molecule has 0 spiro atoms. The Morgan fingerprint density at radius 2 is 1.96 bits per heavy atom. The molecule has 0 saturated heterocycles. The lowest BCUT2D eigenvalue weighted by Crippen LogP contribution is -2.14. The fraction of sp³-hybridized carbons (Fsp3) is 0.273. The molecule has 0 atom stereocenters. The zero-order valence-corrected chi connectivity index (χ0v) is 15.7. The van der Waals surface area contributed by atoms with Crippen LogP contribution in [0.2, 0.25) is 0 Å². The molecule has 2 rings (SSSR count). The highest BCUT2D eigenvalue weighted by Gasteiger charge is 2.11. The Morgan fingerprint density at radius 3 is 2.59 bits per heavy atom. The minimum atomic E-state index is -0.443. The maximum atomic E-state index is 14.2. The van der Waals surface area contributed by atoms with E-state index in [0.717, 1.165) is 30.5 Å². The molecule has 1 heterocycles. The van der Waals surface area contributed by atoms with Gasteiger partial charge in [0, 0.05) is 18.1 Å². The fourth-order valence-electron chi connectivity index (χ4n) is 2.79. The summed E-state index contributed by atoms with van der Waals surface area (Å²) >= 11 is 0. The van der Waals surface area contributed by atoms with Gasteiger partial charge in [-0.1, -0.05) is 18.7 Å². The van der Waals surface area contributed by atoms with Gasteiger partial charge in [0.15, 0.2) is 0 Å². The number of aromatic nitrogens is 1. The number of nitriles is 1. The summed E-state index contributed by atoms with van der Waals surface area (Å²) in [6, 6.07) is 8.14. The van der Waals surface area contributed by atoms with Crippen molar-refractivity contribution in [2.75, 3.05) is 4.90 Å². The van der Waals surface area contributed by atoms with Crippen LogP contribution in [0.3, 0.4) is 0 Å². The van der Waals surface area contributed by atoms with Crippen molar-refractivity contribution < 1.29 is 8.78 Å². The highest BCUT2D eigenvalue weighted by Crippen LogP contribution is 2.25. The molecule has 0 aliphatic heterocycles. The van der Waals surface area contributed by atoms with Crippen LogP contribution in [-0.4, -0.2) is 4.98 Å². The average molecular weight is 367 g/mol. The summed E-state index contributed by atoms with van der Waals surface area (Å²) in [5.74, 6) is -0.745. The first-order valence-electron chi connectivity index (χ1n) is 8.86. The van der Waals surface area contributed by atoms with Crippen molar-refractivity contribution in [3.05, 3.63) is 83.5 Å². The van der Waals surface area contributed by atoms with Crippen LogP contribution in [0, 0.1) is 23.0 Å². The lowest BCUT2D eigenvalue weighted by atomic mass is 10.0. The van der Waals surface area contributed by atoms with E-state index in [2.05, 4.69) is 11.6 Å². The van der Waals surface area contributed by atoms with E-state index in [-0.39, 0.29) is 11.4 Å². The Kier molecular flexibility index (Phi) is 7.25. The van der Waals surface area contributed by atoms with Crippen LogP contribution in [-0.2, 0) is 12.8 Å². The molecule has 1 aromatic carbocycles. The quantitative estimate of drug-likeness (QED) is 0.564. The number of halogens is 2. The number of aryl methyl sites for hydroxylation is 2. The predicted octanol–water partition coefficient (Wildman–Crippen LogP) is 5.67. The number of benzene rings is 1. The van der Waals surface area contributed by atoms with E-state index >= 15 is 0 Å². The lowest BCUT2D eigenvalue weighted by Gasteiger charge is -2.21. The number of anilines is 1. The van der Waals surface area contributed by atoms with Crippen molar-refractivity contribution in [1.29, 1.82) is 5.26 Å². The third-order valence-corrected chi connectivity index (χ3v) is 4.15. The van der Waals surface area contributed by atoms with Crippen LogP contribution >= 0.6 is 0 Å². The van der Waals surface area contributed by atoms with Crippen LogP contribution in [0.4, 0.5) is 14.5 Å². The second kappa shape index (κ2) is 9.63. The van der Waals surface area contributed by atoms with Gasteiger partial charge in [-0.2, -0.15) is 5.26 Å². The molecule has 0 unspecified atom stereocenters. The summed E-state index contributed by atoms with van der Waals surface area (Å²) < 4.78 is 28.1. The SMILES string of the molecule is C=C(C)N(/C=C\C)c1cc(CCCCc2ncc(C#N)cc2F)ccc1F. The van der Waals surface area contributed by atoms with Gasteiger partial charge < -0.3 is 4.90 Å². The normalized spacial score (nSPS) is 10.8. The number of rotatable bonds is 8. The van der Waals surface area contributed by atoms with Gasteiger partial charge in [0.25, 0.3) is 0 Å². The third kappa shape index (κ3) is 5.49. The van der Waals surface area contributed by atoms with Crippen LogP contribution in [0.5, 0.6) is 0 Å². The van der Waals surface area contributed by atoms with Gasteiger partial charge in [0.2, 0.25) is 0 Å².